The van der Waals surface area contributed by atoms with Crippen LogP contribution < -0.4 is 5.73 Å². The zero-order valence-electron chi connectivity index (χ0n) is 7.44. The molecule has 0 fully saturated rings. The number of carbonyl (C=O) groups is 1. The number of primary amides is 1. The minimum atomic E-state index is -0.321. The Kier molecular flexibility index (Phi) is 3.26. The fourth-order valence-electron chi connectivity index (χ4n) is 1.17. The number of nitrogens with two attached hydrogens (primary N) is 1. The summed E-state index contributed by atoms with van der Waals surface area (Å²) in [5.74, 6) is -0.582. The maximum absolute atomic E-state index is 10.9. The molecule has 0 aliphatic heterocycles. The van der Waals surface area contributed by atoms with E-state index in [-0.39, 0.29) is 11.8 Å². The molecule has 2 heteroatoms. The van der Waals surface area contributed by atoms with E-state index in [1.165, 1.54) is 0 Å². The van der Waals surface area contributed by atoms with Crippen molar-refractivity contribution in [3.8, 4) is 0 Å². The molecule has 0 spiro atoms. The highest BCUT2D eigenvalue weighted by Gasteiger charge is 2.10. The summed E-state index contributed by atoms with van der Waals surface area (Å²) in [4.78, 5) is 10.9. The average Bonchev–Trinajstić information content (AvgIpc) is 2.15. The van der Waals surface area contributed by atoms with E-state index in [4.69, 9.17) is 5.73 Å². The van der Waals surface area contributed by atoms with E-state index in [9.17, 15) is 4.79 Å². The summed E-state index contributed by atoms with van der Waals surface area (Å²) < 4.78 is 0. The van der Waals surface area contributed by atoms with E-state index in [0.717, 1.165) is 5.56 Å². The molecule has 0 saturated carbocycles. The number of rotatable bonds is 4. The molecular formula is C11H13NO. The van der Waals surface area contributed by atoms with Crippen LogP contribution in [0.4, 0.5) is 0 Å². The SMILES string of the molecule is C=C[C@@H](Cc1ccccc1)C(N)=O. The first-order valence-electron chi connectivity index (χ1n) is 4.20. The molecule has 1 atom stereocenters. The molecule has 1 aromatic carbocycles. The van der Waals surface area contributed by atoms with Crippen molar-refractivity contribution in [2.75, 3.05) is 0 Å². The molecule has 1 amide bonds. The lowest BCUT2D eigenvalue weighted by Crippen LogP contribution is -2.23. The highest BCUT2D eigenvalue weighted by Crippen LogP contribution is 2.08. The number of benzene rings is 1. The summed E-state index contributed by atoms with van der Waals surface area (Å²) in [6, 6.07) is 9.77. The van der Waals surface area contributed by atoms with Crippen molar-refractivity contribution < 1.29 is 4.79 Å². The van der Waals surface area contributed by atoms with Gasteiger partial charge in [0.05, 0.1) is 5.92 Å². The Balaban J connectivity index is 2.67. The second-order valence-electron chi connectivity index (χ2n) is 2.93. The van der Waals surface area contributed by atoms with Gasteiger partial charge < -0.3 is 5.73 Å². The van der Waals surface area contributed by atoms with Crippen LogP contribution >= 0.6 is 0 Å². The van der Waals surface area contributed by atoms with Gasteiger partial charge in [-0.2, -0.15) is 0 Å². The van der Waals surface area contributed by atoms with E-state index in [0.29, 0.717) is 6.42 Å². The van der Waals surface area contributed by atoms with Gasteiger partial charge >= 0.3 is 0 Å². The van der Waals surface area contributed by atoms with Gasteiger partial charge in [-0.1, -0.05) is 36.4 Å². The quantitative estimate of drug-likeness (QED) is 0.693. The average molecular weight is 175 g/mol. The lowest BCUT2D eigenvalue weighted by Gasteiger charge is -2.07. The van der Waals surface area contributed by atoms with Crippen LogP contribution in [0, 0.1) is 5.92 Å². The van der Waals surface area contributed by atoms with Crippen molar-refractivity contribution in [3.63, 3.8) is 0 Å². The van der Waals surface area contributed by atoms with Crippen LogP contribution in [0.1, 0.15) is 5.56 Å². The third-order valence-corrected chi connectivity index (χ3v) is 1.95. The van der Waals surface area contributed by atoms with Gasteiger partial charge in [-0.25, -0.2) is 0 Å². The lowest BCUT2D eigenvalue weighted by molar-refractivity contribution is -0.120. The van der Waals surface area contributed by atoms with Gasteiger partial charge in [-0.15, -0.1) is 6.58 Å². The highest BCUT2D eigenvalue weighted by atomic mass is 16.1. The predicted molar refractivity (Wildman–Crippen MR) is 53.0 cm³/mol. The standard InChI is InChI=1S/C11H13NO/c1-2-10(11(12)13)8-9-6-4-3-5-7-9/h2-7,10H,1,8H2,(H2,12,13)/t10-/m0/s1. The molecule has 2 nitrogen and oxygen atoms in total. The van der Waals surface area contributed by atoms with Gasteiger partial charge in [0.25, 0.3) is 0 Å². The molecule has 2 N–H and O–H groups in total. The number of carbonyl (C=O) groups excluding carboxylic acids is 1. The summed E-state index contributed by atoms with van der Waals surface area (Å²) in [6.07, 6.45) is 2.23. The normalized spacial score (nSPS) is 12.0. The first-order chi connectivity index (χ1) is 6.24. The predicted octanol–water partition coefficient (Wildman–Crippen LogP) is 1.52. The van der Waals surface area contributed by atoms with Crippen molar-refractivity contribution in [3.05, 3.63) is 48.6 Å². The number of amides is 1. The van der Waals surface area contributed by atoms with Crippen LogP contribution in [0.3, 0.4) is 0 Å². The molecule has 0 aliphatic rings. The van der Waals surface area contributed by atoms with E-state index in [2.05, 4.69) is 6.58 Å². The topological polar surface area (TPSA) is 43.1 Å². The van der Waals surface area contributed by atoms with Crippen molar-refractivity contribution in [2.45, 2.75) is 6.42 Å². The van der Waals surface area contributed by atoms with Crippen molar-refractivity contribution in [1.29, 1.82) is 0 Å². The highest BCUT2D eigenvalue weighted by molar-refractivity contribution is 5.78. The van der Waals surface area contributed by atoms with Crippen LogP contribution in [0.5, 0.6) is 0 Å². The van der Waals surface area contributed by atoms with Crippen molar-refractivity contribution >= 4 is 5.91 Å². The largest absolute Gasteiger partial charge is 0.369 e. The summed E-state index contributed by atoms with van der Waals surface area (Å²) in [5, 5.41) is 0. The first-order valence-corrected chi connectivity index (χ1v) is 4.20. The second-order valence-corrected chi connectivity index (χ2v) is 2.93. The number of hydrogen-bond donors (Lipinski definition) is 1. The fraction of sp³-hybridized carbons (Fsp3) is 0.182. The van der Waals surface area contributed by atoms with Gasteiger partial charge in [0.15, 0.2) is 0 Å². The second kappa shape index (κ2) is 4.45. The Labute approximate surface area is 78.1 Å². The minimum absolute atomic E-state index is 0.262. The van der Waals surface area contributed by atoms with Gasteiger partial charge in [0.1, 0.15) is 0 Å². The molecule has 0 radical (unpaired) electrons. The van der Waals surface area contributed by atoms with Crippen molar-refractivity contribution in [1.82, 2.24) is 0 Å². The van der Waals surface area contributed by atoms with Crippen LogP contribution in [-0.2, 0) is 11.2 Å². The van der Waals surface area contributed by atoms with Gasteiger partial charge in [-0.3, -0.25) is 4.79 Å². The van der Waals surface area contributed by atoms with E-state index >= 15 is 0 Å². The Hall–Kier alpha value is -1.57. The van der Waals surface area contributed by atoms with E-state index < -0.39 is 0 Å². The number of hydrogen-bond acceptors (Lipinski definition) is 1. The van der Waals surface area contributed by atoms with E-state index in [1.54, 1.807) is 6.08 Å². The van der Waals surface area contributed by atoms with Gasteiger partial charge in [0.2, 0.25) is 5.91 Å². The van der Waals surface area contributed by atoms with Gasteiger partial charge in [0, 0.05) is 0 Å². The third kappa shape index (κ3) is 2.75. The Morgan fingerprint density at radius 2 is 2.08 bits per heavy atom. The molecular weight excluding hydrogens is 162 g/mol. The third-order valence-electron chi connectivity index (χ3n) is 1.95. The molecule has 13 heavy (non-hydrogen) atoms. The van der Waals surface area contributed by atoms with Crippen LogP contribution in [0.2, 0.25) is 0 Å². The Morgan fingerprint density at radius 1 is 1.46 bits per heavy atom. The fourth-order valence-corrected chi connectivity index (χ4v) is 1.17. The van der Waals surface area contributed by atoms with Crippen LogP contribution in [-0.4, -0.2) is 5.91 Å². The molecule has 0 aliphatic carbocycles. The summed E-state index contributed by atoms with van der Waals surface area (Å²) in [6.45, 7) is 3.58. The van der Waals surface area contributed by atoms with Crippen LogP contribution in [0.25, 0.3) is 0 Å². The molecule has 1 aromatic rings. The maximum Gasteiger partial charge on any atom is 0.224 e. The summed E-state index contributed by atoms with van der Waals surface area (Å²) in [5.41, 5.74) is 6.29. The summed E-state index contributed by atoms with van der Waals surface area (Å²) >= 11 is 0. The van der Waals surface area contributed by atoms with Gasteiger partial charge in [-0.05, 0) is 12.0 Å². The zero-order chi connectivity index (χ0) is 9.68. The summed E-state index contributed by atoms with van der Waals surface area (Å²) in [7, 11) is 0. The Morgan fingerprint density at radius 3 is 2.54 bits per heavy atom. The minimum Gasteiger partial charge on any atom is -0.369 e. The molecule has 0 saturated heterocycles. The van der Waals surface area contributed by atoms with Crippen LogP contribution in [0.15, 0.2) is 43.0 Å². The molecule has 0 unspecified atom stereocenters. The molecule has 1 rings (SSSR count). The van der Waals surface area contributed by atoms with E-state index in [1.807, 2.05) is 30.3 Å². The monoisotopic (exact) mass is 175 g/mol. The first kappa shape index (κ1) is 9.52. The Bertz CT molecular complexity index is 292. The lowest BCUT2D eigenvalue weighted by atomic mass is 9.99. The molecule has 0 heterocycles. The smallest absolute Gasteiger partial charge is 0.224 e. The molecule has 0 aromatic heterocycles. The van der Waals surface area contributed by atoms with Crippen molar-refractivity contribution in [2.24, 2.45) is 11.7 Å². The molecule has 68 valence electrons. The zero-order valence-corrected chi connectivity index (χ0v) is 7.44. The molecule has 0 bridgehead atoms. The maximum atomic E-state index is 10.9.